The molecule has 0 unspecified atom stereocenters. The van der Waals surface area contributed by atoms with Gasteiger partial charge in [0.1, 0.15) is 5.82 Å². The largest absolute Gasteiger partial charge is 0.380 e. The molecule has 0 aliphatic heterocycles. The fraction of sp³-hybridized carbons (Fsp3) is 0.235. The van der Waals surface area contributed by atoms with Gasteiger partial charge in [0.05, 0.1) is 12.3 Å². The summed E-state index contributed by atoms with van der Waals surface area (Å²) in [5.41, 5.74) is 2.93. The van der Waals surface area contributed by atoms with Crippen LogP contribution in [0.1, 0.15) is 16.7 Å². The third kappa shape index (κ3) is 4.30. The molecule has 0 aliphatic rings. The van der Waals surface area contributed by atoms with E-state index in [2.05, 4.69) is 10.6 Å². The number of anilines is 1. The Labute approximate surface area is 129 Å². The van der Waals surface area contributed by atoms with Crippen LogP contribution >= 0.6 is 0 Å². The molecule has 116 valence electrons. The fourth-order valence-corrected chi connectivity index (χ4v) is 2.09. The highest BCUT2D eigenvalue weighted by atomic mass is 19.1. The molecule has 0 saturated carbocycles. The van der Waals surface area contributed by atoms with Crippen molar-refractivity contribution in [2.75, 3.05) is 12.4 Å². The molecule has 2 aromatic rings. The minimum absolute atomic E-state index is 0.160. The van der Waals surface area contributed by atoms with E-state index in [9.17, 15) is 9.18 Å². The van der Waals surface area contributed by atoms with E-state index in [0.717, 1.165) is 16.7 Å². The molecular weight excluding hydrogens is 283 g/mol. The number of nitrogens with one attached hydrogen (secondary N) is 2. The number of rotatable bonds is 5. The Bertz CT molecular complexity index is 659. The van der Waals surface area contributed by atoms with Gasteiger partial charge >= 0.3 is 6.03 Å². The van der Waals surface area contributed by atoms with E-state index in [1.54, 1.807) is 26.2 Å². The van der Waals surface area contributed by atoms with Crippen molar-refractivity contribution in [2.24, 2.45) is 0 Å². The summed E-state index contributed by atoms with van der Waals surface area (Å²) in [6.07, 6.45) is 0. The van der Waals surface area contributed by atoms with Gasteiger partial charge in [0, 0.05) is 13.7 Å². The molecule has 0 heterocycles. The summed E-state index contributed by atoms with van der Waals surface area (Å²) in [7, 11) is 1.62. The molecule has 22 heavy (non-hydrogen) atoms. The lowest BCUT2D eigenvalue weighted by molar-refractivity contribution is 0.184. The topological polar surface area (TPSA) is 50.4 Å². The van der Waals surface area contributed by atoms with Gasteiger partial charge in [0.25, 0.3) is 0 Å². The maximum absolute atomic E-state index is 13.7. The Balaban J connectivity index is 1.95. The second kappa shape index (κ2) is 7.56. The molecule has 0 fully saturated rings. The second-order valence-corrected chi connectivity index (χ2v) is 4.99. The normalized spacial score (nSPS) is 10.3. The number of amides is 2. The number of methoxy groups -OCH3 is 1. The smallest absolute Gasteiger partial charge is 0.319 e. The summed E-state index contributed by atoms with van der Waals surface area (Å²) >= 11 is 0. The molecule has 0 spiro atoms. The number of benzene rings is 2. The maximum Gasteiger partial charge on any atom is 0.319 e. The first-order valence-electron chi connectivity index (χ1n) is 6.97. The van der Waals surface area contributed by atoms with Gasteiger partial charge in [-0.25, -0.2) is 9.18 Å². The molecule has 2 N–H and O–H groups in total. The lowest BCUT2D eigenvalue weighted by Crippen LogP contribution is -2.29. The molecule has 4 nitrogen and oxygen atoms in total. The summed E-state index contributed by atoms with van der Waals surface area (Å²) in [5, 5.41) is 5.22. The van der Waals surface area contributed by atoms with Gasteiger partial charge < -0.3 is 15.4 Å². The standard InChI is InChI=1S/C17H19FN2O2/c1-12-7-8-16(15(18)9-12)20-17(21)19-10-13-5-3-4-6-14(13)11-22-2/h3-9H,10-11H2,1-2H3,(H2,19,20,21). The van der Waals surface area contributed by atoms with Crippen LogP contribution in [0.2, 0.25) is 0 Å². The van der Waals surface area contributed by atoms with E-state index >= 15 is 0 Å². The van der Waals surface area contributed by atoms with E-state index in [0.29, 0.717) is 13.2 Å². The Kier molecular flexibility index (Phi) is 5.49. The summed E-state index contributed by atoms with van der Waals surface area (Å²) in [6, 6.07) is 11.9. The predicted octanol–water partition coefficient (Wildman–Crippen LogP) is 3.60. The van der Waals surface area contributed by atoms with Gasteiger partial charge in [-0.3, -0.25) is 0 Å². The third-order valence-corrected chi connectivity index (χ3v) is 3.23. The quantitative estimate of drug-likeness (QED) is 0.886. The average molecular weight is 302 g/mol. The van der Waals surface area contributed by atoms with Crippen LogP contribution in [0, 0.1) is 12.7 Å². The number of urea groups is 1. The molecule has 0 bridgehead atoms. The highest BCUT2D eigenvalue weighted by Gasteiger charge is 2.08. The van der Waals surface area contributed by atoms with Crippen LogP contribution in [0.3, 0.4) is 0 Å². The predicted molar refractivity (Wildman–Crippen MR) is 84.2 cm³/mol. The minimum Gasteiger partial charge on any atom is -0.380 e. The van der Waals surface area contributed by atoms with Crippen LogP contribution < -0.4 is 10.6 Å². The lowest BCUT2D eigenvalue weighted by atomic mass is 10.1. The summed E-state index contributed by atoms with van der Waals surface area (Å²) in [4.78, 5) is 11.9. The van der Waals surface area contributed by atoms with E-state index in [1.165, 1.54) is 6.07 Å². The van der Waals surface area contributed by atoms with Crippen LogP contribution in [0.5, 0.6) is 0 Å². The first kappa shape index (κ1) is 16.0. The van der Waals surface area contributed by atoms with Crippen molar-refractivity contribution in [1.82, 2.24) is 5.32 Å². The number of ether oxygens (including phenoxy) is 1. The van der Waals surface area contributed by atoms with Crippen LogP contribution in [0.15, 0.2) is 42.5 Å². The number of halogens is 1. The summed E-state index contributed by atoms with van der Waals surface area (Å²) in [6.45, 7) is 2.62. The van der Waals surface area contributed by atoms with Crippen molar-refractivity contribution in [3.05, 3.63) is 65.0 Å². The van der Waals surface area contributed by atoms with E-state index < -0.39 is 11.8 Å². The molecule has 0 radical (unpaired) electrons. The first-order chi connectivity index (χ1) is 10.6. The average Bonchev–Trinajstić information content (AvgIpc) is 2.49. The molecule has 2 rings (SSSR count). The van der Waals surface area contributed by atoms with Crippen molar-refractivity contribution < 1.29 is 13.9 Å². The van der Waals surface area contributed by atoms with Crippen molar-refractivity contribution in [1.29, 1.82) is 0 Å². The highest BCUT2D eigenvalue weighted by molar-refractivity contribution is 5.89. The van der Waals surface area contributed by atoms with Crippen molar-refractivity contribution in [3.8, 4) is 0 Å². The van der Waals surface area contributed by atoms with E-state index in [-0.39, 0.29) is 5.69 Å². The number of hydrogen-bond donors (Lipinski definition) is 2. The Morgan fingerprint density at radius 1 is 1.18 bits per heavy atom. The van der Waals surface area contributed by atoms with Gasteiger partial charge in [0.15, 0.2) is 0 Å². The molecule has 0 atom stereocenters. The maximum atomic E-state index is 13.7. The van der Waals surface area contributed by atoms with Crippen molar-refractivity contribution in [3.63, 3.8) is 0 Å². The van der Waals surface area contributed by atoms with Crippen molar-refractivity contribution >= 4 is 11.7 Å². The minimum atomic E-state index is -0.449. The first-order valence-corrected chi connectivity index (χ1v) is 6.97. The molecule has 0 aliphatic carbocycles. The molecule has 2 aromatic carbocycles. The van der Waals surface area contributed by atoms with Gasteiger partial charge in [-0.1, -0.05) is 30.3 Å². The third-order valence-electron chi connectivity index (χ3n) is 3.23. The van der Waals surface area contributed by atoms with Gasteiger partial charge in [-0.2, -0.15) is 0 Å². The van der Waals surface area contributed by atoms with Crippen LogP contribution in [0.4, 0.5) is 14.9 Å². The zero-order chi connectivity index (χ0) is 15.9. The fourth-order valence-electron chi connectivity index (χ4n) is 2.09. The zero-order valence-corrected chi connectivity index (χ0v) is 12.7. The SMILES string of the molecule is COCc1ccccc1CNC(=O)Nc1ccc(C)cc1F. The van der Waals surface area contributed by atoms with Crippen molar-refractivity contribution in [2.45, 2.75) is 20.1 Å². The van der Waals surface area contributed by atoms with Gasteiger partial charge in [0.2, 0.25) is 0 Å². The lowest BCUT2D eigenvalue weighted by Gasteiger charge is -2.11. The molecule has 2 amide bonds. The van der Waals surface area contributed by atoms with Crippen LogP contribution in [-0.4, -0.2) is 13.1 Å². The van der Waals surface area contributed by atoms with Gasteiger partial charge in [-0.05, 0) is 35.7 Å². The Hall–Kier alpha value is -2.40. The molecule has 5 heteroatoms. The summed E-state index contributed by atoms with van der Waals surface area (Å²) in [5.74, 6) is -0.449. The van der Waals surface area contributed by atoms with E-state index in [1.807, 2.05) is 24.3 Å². The molecule has 0 saturated heterocycles. The van der Waals surface area contributed by atoms with Gasteiger partial charge in [-0.15, -0.1) is 0 Å². The number of aryl methyl sites for hydroxylation is 1. The van der Waals surface area contributed by atoms with Crippen LogP contribution in [0.25, 0.3) is 0 Å². The molecular formula is C17H19FN2O2. The number of hydrogen-bond acceptors (Lipinski definition) is 2. The van der Waals surface area contributed by atoms with E-state index in [4.69, 9.17) is 4.74 Å². The van der Waals surface area contributed by atoms with Crippen LogP contribution in [-0.2, 0) is 17.9 Å². The Morgan fingerprint density at radius 3 is 2.59 bits per heavy atom. The summed E-state index contributed by atoms with van der Waals surface area (Å²) < 4.78 is 18.8. The monoisotopic (exact) mass is 302 g/mol. The zero-order valence-electron chi connectivity index (χ0n) is 12.7. The molecule has 0 aromatic heterocycles. The Morgan fingerprint density at radius 2 is 1.91 bits per heavy atom. The highest BCUT2D eigenvalue weighted by Crippen LogP contribution is 2.15. The number of carbonyl (C=O) groups excluding carboxylic acids is 1. The second-order valence-electron chi connectivity index (χ2n) is 4.99. The number of carbonyl (C=O) groups is 1.